The summed E-state index contributed by atoms with van der Waals surface area (Å²) in [5, 5.41) is 2.72. The summed E-state index contributed by atoms with van der Waals surface area (Å²) < 4.78 is 0. The third kappa shape index (κ3) is 2.31. The molecule has 2 aliphatic rings. The summed E-state index contributed by atoms with van der Waals surface area (Å²) in [6.45, 7) is 6.52. The molecule has 0 aromatic rings. The SMILES string of the molecule is CCCC1(CN2C(=O)C(C)NC(=O)C2C)CC1. The summed E-state index contributed by atoms with van der Waals surface area (Å²) in [6, 6.07) is -0.677. The minimum Gasteiger partial charge on any atom is -0.343 e. The lowest BCUT2D eigenvalue weighted by Gasteiger charge is -2.38. The molecule has 1 heterocycles. The Morgan fingerprint density at radius 2 is 2.00 bits per heavy atom. The number of carbonyl (C=O) groups excluding carboxylic acids is 2. The highest BCUT2D eigenvalue weighted by atomic mass is 16.2. The van der Waals surface area contributed by atoms with E-state index in [2.05, 4.69) is 12.2 Å². The molecule has 17 heavy (non-hydrogen) atoms. The molecule has 2 atom stereocenters. The second kappa shape index (κ2) is 4.31. The molecule has 1 aliphatic carbocycles. The van der Waals surface area contributed by atoms with E-state index in [1.54, 1.807) is 11.8 Å². The summed E-state index contributed by atoms with van der Waals surface area (Å²) in [5.74, 6) is 0.0453. The van der Waals surface area contributed by atoms with Gasteiger partial charge in [-0.15, -0.1) is 0 Å². The van der Waals surface area contributed by atoms with Gasteiger partial charge in [0.15, 0.2) is 0 Å². The van der Waals surface area contributed by atoms with Gasteiger partial charge in [0.2, 0.25) is 11.8 Å². The molecule has 0 bridgehead atoms. The molecule has 2 unspecified atom stereocenters. The van der Waals surface area contributed by atoms with E-state index in [1.807, 2.05) is 6.92 Å². The van der Waals surface area contributed by atoms with Gasteiger partial charge in [-0.2, -0.15) is 0 Å². The van der Waals surface area contributed by atoms with Gasteiger partial charge < -0.3 is 10.2 Å². The molecule has 4 nitrogen and oxygen atoms in total. The molecule has 2 amide bonds. The normalized spacial score (nSPS) is 31.4. The molecule has 1 saturated heterocycles. The Kier molecular flexibility index (Phi) is 3.15. The number of nitrogens with one attached hydrogen (secondary N) is 1. The molecule has 1 N–H and O–H groups in total. The third-order valence-corrected chi connectivity index (χ3v) is 4.10. The van der Waals surface area contributed by atoms with Crippen LogP contribution in [0.1, 0.15) is 46.5 Å². The fourth-order valence-electron chi connectivity index (χ4n) is 2.75. The summed E-state index contributed by atoms with van der Waals surface area (Å²) in [7, 11) is 0. The molecule has 2 fully saturated rings. The second-order valence-electron chi connectivity index (χ2n) is 5.62. The summed E-state index contributed by atoms with van der Waals surface area (Å²) in [6.07, 6.45) is 4.72. The fourth-order valence-corrected chi connectivity index (χ4v) is 2.75. The standard InChI is InChI=1S/C13H22N2O2/c1-4-5-13(6-7-13)8-15-10(3)11(16)14-9(2)12(15)17/h9-10H,4-8H2,1-3H3,(H,14,16). The molecule has 0 aromatic carbocycles. The third-order valence-electron chi connectivity index (χ3n) is 4.10. The van der Waals surface area contributed by atoms with E-state index in [-0.39, 0.29) is 23.9 Å². The van der Waals surface area contributed by atoms with Crippen molar-refractivity contribution in [2.45, 2.75) is 58.5 Å². The topological polar surface area (TPSA) is 49.4 Å². The van der Waals surface area contributed by atoms with Crippen molar-refractivity contribution in [2.24, 2.45) is 5.41 Å². The summed E-state index contributed by atoms with van der Waals surface area (Å²) >= 11 is 0. The Morgan fingerprint density at radius 1 is 1.35 bits per heavy atom. The second-order valence-corrected chi connectivity index (χ2v) is 5.62. The zero-order valence-electron chi connectivity index (χ0n) is 11.0. The number of hydrogen-bond donors (Lipinski definition) is 1. The zero-order valence-corrected chi connectivity index (χ0v) is 11.0. The first kappa shape index (κ1) is 12.4. The van der Waals surface area contributed by atoms with Crippen LogP contribution in [0.4, 0.5) is 0 Å². The van der Waals surface area contributed by atoms with Crippen molar-refractivity contribution in [2.75, 3.05) is 6.54 Å². The lowest BCUT2D eigenvalue weighted by Crippen LogP contribution is -2.62. The van der Waals surface area contributed by atoms with Crippen molar-refractivity contribution >= 4 is 11.8 Å². The van der Waals surface area contributed by atoms with Gasteiger partial charge in [-0.3, -0.25) is 9.59 Å². The molecular formula is C13H22N2O2. The van der Waals surface area contributed by atoms with E-state index in [0.717, 1.165) is 13.0 Å². The number of carbonyl (C=O) groups is 2. The molecule has 0 radical (unpaired) electrons. The molecular weight excluding hydrogens is 216 g/mol. The van der Waals surface area contributed by atoms with Crippen LogP contribution in [-0.4, -0.2) is 35.3 Å². The predicted molar refractivity (Wildman–Crippen MR) is 65.4 cm³/mol. The first-order chi connectivity index (χ1) is 7.99. The van der Waals surface area contributed by atoms with Crippen LogP contribution < -0.4 is 5.32 Å². The van der Waals surface area contributed by atoms with Crippen LogP contribution in [0.15, 0.2) is 0 Å². The van der Waals surface area contributed by atoms with E-state index in [0.29, 0.717) is 5.41 Å². The Balaban J connectivity index is 2.07. The highest BCUT2D eigenvalue weighted by Gasteiger charge is 2.47. The average Bonchev–Trinajstić information content (AvgIpc) is 3.03. The summed E-state index contributed by atoms with van der Waals surface area (Å²) in [5.41, 5.74) is 0.315. The average molecular weight is 238 g/mol. The maximum absolute atomic E-state index is 12.1. The minimum absolute atomic E-state index is 0.0237. The number of piperazine rings is 1. The van der Waals surface area contributed by atoms with Crippen molar-refractivity contribution < 1.29 is 9.59 Å². The Morgan fingerprint density at radius 3 is 2.53 bits per heavy atom. The van der Waals surface area contributed by atoms with E-state index in [9.17, 15) is 9.59 Å². The van der Waals surface area contributed by atoms with E-state index >= 15 is 0 Å². The van der Waals surface area contributed by atoms with Crippen LogP contribution >= 0.6 is 0 Å². The van der Waals surface area contributed by atoms with Gasteiger partial charge in [-0.25, -0.2) is 0 Å². The van der Waals surface area contributed by atoms with E-state index < -0.39 is 0 Å². The smallest absolute Gasteiger partial charge is 0.245 e. The number of amides is 2. The first-order valence-electron chi connectivity index (χ1n) is 6.60. The van der Waals surface area contributed by atoms with Crippen LogP contribution in [0.3, 0.4) is 0 Å². The van der Waals surface area contributed by atoms with E-state index in [1.165, 1.54) is 19.3 Å². The van der Waals surface area contributed by atoms with Crippen molar-refractivity contribution in [1.82, 2.24) is 10.2 Å². The predicted octanol–water partition coefficient (Wildman–Crippen LogP) is 1.30. The van der Waals surface area contributed by atoms with Crippen molar-refractivity contribution in [3.8, 4) is 0 Å². The van der Waals surface area contributed by atoms with Crippen molar-refractivity contribution in [1.29, 1.82) is 0 Å². The molecule has 2 rings (SSSR count). The fraction of sp³-hybridized carbons (Fsp3) is 0.846. The number of hydrogen-bond acceptors (Lipinski definition) is 2. The van der Waals surface area contributed by atoms with Crippen LogP contribution in [0.2, 0.25) is 0 Å². The molecule has 0 aromatic heterocycles. The Hall–Kier alpha value is -1.06. The molecule has 1 aliphatic heterocycles. The van der Waals surface area contributed by atoms with Crippen LogP contribution in [0.5, 0.6) is 0 Å². The summed E-state index contributed by atoms with van der Waals surface area (Å²) in [4.78, 5) is 25.6. The number of nitrogens with zero attached hydrogens (tertiary/aromatic N) is 1. The monoisotopic (exact) mass is 238 g/mol. The van der Waals surface area contributed by atoms with Gasteiger partial charge in [0, 0.05) is 6.54 Å². The first-order valence-corrected chi connectivity index (χ1v) is 6.60. The molecule has 4 heteroatoms. The Labute approximate surface area is 103 Å². The highest BCUT2D eigenvalue weighted by molar-refractivity contribution is 5.96. The zero-order chi connectivity index (χ0) is 12.6. The molecule has 1 saturated carbocycles. The van der Waals surface area contributed by atoms with Gasteiger partial charge in [-0.05, 0) is 38.5 Å². The maximum Gasteiger partial charge on any atom is 0.245 e. The highest BCUT2D eigenvalue weighted by Crippen LogP contribution is 2.50. The molecule has 96 valence electrons. The number of rotatable bonds is 4. The van der Waals surface area contributed by atoms with Gasteiger partial charge in [0.05, 0.1) is 0 Å². The quantitative estimate of drug-likeness (QED) is 0.802. The lowest BCUT2D eigenvalue weighted by molar-refractivity contribution is -0.149. The Bertz CT molecular complexity index is 336. The van der Waals surface area contributed by atoms with Gasteiger partial charge >= 0.3 is 0 Å². The van der Waals surface area contributed by atoms with Crippen molar-refractivity contribution in [3.05, 3.63) is 0 Å². The van der Waals surface area contributed by atoms with Gasteiger partial charge in [0.25, 0.3) is 0 Å². The lowest BCUT2D eigenvalue weighted by atomic mass is 9.97. The van der Waals surface area contributed by atoms with E-state index in [4.69, 9.17) is 0 Å². The van der Waals surface area contributed by atoms with Crippen molar-refractivity contribution in [3.63, 3.8) is 0 Å². The largest absolute Gasteiger partial charge is 0.343 e. The van der Waals surface area contributed by atoms with Crippen LogP contribution in [0.25, 0.3) is 0 Å². The van der Waals surface area contributed by atoms with Crippen LogP contribution in [-0.2, 0) is 9.59 Å². The van der Waals surface area contributed by atoms with Crippen LogP contribution in [0, 0.1) is 5.41 Å². The maximum atomic E-state index is 12.1. The van der Waals surface area contributed by atoms with Gasteiger partial charge in [0.1, 0.15) is 12.1 Å². The van der Waals surface area contributed by atoms with Gasteiger partial charge in [-0.1, -0.05) is 13.3 Å². The molecule has 0 spiro atoms. The minimum atomic E-state index is -0.365.